The monoisotopic (exact) mass is 421 g/mol. The number of hydrogen-bond acceptors (Lipinski definition) is 6. The minimum absolute atomic E-state index is 0.0749. The molecule has 0 spiro atoms. The fourth-order valence-electron chi connectivity index (χ4n) is 3.91. The summed E-state index contributed by atoms with van der Waals surface area (Å²) in [4.78, 5) is 26.2. The number of ether oxygens (including phenoxy) is 4. The molecule has 1 fully saturated rings. The first kappa shape index (κ1) is 24.2. The molecule has 0 N–H and O–H groups in total. The summed E-state index contributed by atoms with van der Waals surface area (Å²) < 4.78 is 21.6. The molecule has 7 nitrogen and oxygen atoms in total. The van der Waals surface area contributed by atoms with Crippen molar-refractivity contribution >= 4 is 12.1 Å². The van der Waals surface area contributed by atoms with Crippen LogP contribution in [-0.4, -0.2) is 56.7 Å². The van der Waals surface area contributed by atoms with Gasteiger partial charge in [0.05, 0.1) is 12.7 Å². The third-order valence-corrected chi connectivity index (χ3v) is 5.50. The minimum Gasteiger partial charge on any atom is -0.466 e. The second-order valence-corrected chi connectivity index (χ2v) is 7.64. The molecule has 1 aromatic carbocycles. The summed E-state index contributed by atoms with van der Waals surface area (Å²) in [5.41, 5.74) is 0.961. The maximum atomic E-state index is 12.6. The van der Waals surface area contributed by atoms with Gasteiger partial charge in [-0.15, -0.1) is 0 Å². The van der Waals surface area contributed by atoms with Crippen LogP contribution >= 0.6 is 0 Å². The summed E-state index contributed by atoms with van der Waals surface area (Å²) in [5.74, 6) is 0.233. The Bertz CT molecular complexity index is 638. The third-order valence-electron chi connectivity index (χ3n) is 5.50. The molecule has 3 atom stereocenters. The van der Waals surface area contributed by atoms with E-state index >= 15 is 0 Å². The van der Waals surface area contributed by atoms with Gasteiger partial charge >= 0.3 is 12.1 Å². The van der Waals surface area contributed by atoms with Gasteiger partial charge in [0.2, 0.25) is 0 Å². The molecule has 0 aromatic heterocycles. The van der Waals surface area contributed by atoms with Crippen LogP contribution in [0.4, 0.5) is 4.79 Å². The molecule has 0 bridgehead atoms. The van der Waals surface area contributed by atoms with Crippen LogP contribution in [0.15, 0.2) is 30.3 Å². The predicted octanol–water partition coefficient (Wildman–Crippen LogP) is 4.00. The van der Waals surface area contributed by atoms with Crippen LogP contribution in [0.25, 0.3) is 0 Å². The minimum atomic E-state index is -0.319. The van der Waals surface area contributed by atoms with Crippen molar-refractivity contribution in [2.45, 2.75) is 52.2 Å². The number of carbonyl (C=O) groups excluding carboxylic acids is 2. The fourth-order valence-corrected chi connectivity index (χ4v) is 3.91. The van der Waals surface area contributed by atoms with Crippen LogP contribution < -0.4 is 0 Å². The molecular weight excluding hydrogens is 386 g/mol. The molecule has 168 valence electrons. The van der Waals surface area contributed by atoms with Crippen LogP contribution in [0.1, 0.15) is 45.1 Å². The quantitative estimate of drug-likeness (QED) is 0.397. The van der Waals surface area contributed by atoms with E-state index in [0.717, 1.165) is 24.8 Å². The second kappa shape index (κ2) is 13.2. The van der Waals surface area contributed by atoms with Crippen LogP contribution in [0.3, 0.4) is 0 Å². The molecular formula is C23H35NO6. The summed E-state index contributed by atoms with van der Waals surface area (Å²) in [6, 6.07) is 9.65. The highest BCUT2D eigenvalue weighted by Gasteiger charge is 2.34. The van der Waals surface area contributed by atoms with Crippen molar-refractivity contribution in [1.29, 1.82) is 0 Å². The number of carbonyl (C=O) groups is 2. The summed E-state index contributed by atoms with van der Waals surface area (Å²) in [6.07, 6.45) is 2.55. The average Bonchev–Trinajstić information content (AvgIpc) is 2.76. The molecule has 1 saturated carbocycles. The van der Waals surface area contributed by atoms with E-state index in [1.54, 1.807) is 12.0 Å². The van der Waals surface area contributed by atoms with E-state index in [1.807, 2.05) is 44.2 Å². The zero-order chi connectivity index (χ0) is 21.8. The van der Waals surface area contributed by atoms with E-state index in [4.69, 9.17) is 18.9 Å². The maximum Gasteiger partial charge on any atom is 0.410 e. The van der Waals surface area contributed by atoms with Gasteiger partial charge in [0.25, 0.3) is 0 Å². The normalized spacial score (nSPS) is 21.1. The Hall–Kier alpha value is -2.12. The van der Waals surface area contributed by atoms with E-state index in [9.17, 15) is 9.59 Å². The summed E-state index contributed by atoms with van der Waals surface area (Å²) in [6.45, 7) is 5.73. The number of esters is 1. The highest BCUT2D eigenvalue weighted by Crippen LogP contribution is 2.34. The van der Waals surface area contributed by atoms with E-state index in [-0.39, 0.29) is 43.4 Å². The van der Waals surface area contributed by atoms with Crippen LogP contribution in [0.2, 0.25) is 0 Å². The van der Waals surface area contributed by atoms with Crippen molar-refractivity contribution < 1.29 is 28.5 Å². The average molecular weight is 422 g/mol. The van der Waals surface area contributed by atoms with Gasteiger partial charge in [0.15, 0.2) is 0 Å². The number of benzene rings is 1. The van der Waals surface area contributed by atoms with Crippen LogP contribution in [0.5, 0.6) is 0 Å². The SMILES string of the molecule is CCOC(=O)C[C@@H]1CC[C@@H](CN(CC)C(=O)OCc2ccccc2)[C@H](OCOC)C1. The Kier molecular flexibility index (Phi) is 10.7. The molecule has 7 heteroatoms. The van der Waals surface area contributed by atoms with Crippen molar-refractivity contribution in [3.63, 3.8) is 0 Å². The maximum absolute atomic E-state index is 12.6. The van der Waals surface area contributed by atoms with Crippen molar-refractivity contribution in [3.05, 3.63) is 35.9 Å². The van der Waals surface area contributed by atoms with Crippen LogP contribution in [0, 0.1) is 11.8 Å². The molecule has 0 unspecified atom stereocenters. The first-order valence-corrected chi connectivity index (χ1v) is 10.8. The lowest BCUT2D eigenvalue weighted by Gasteiger charge is -2.37. The van der Waals surface area contributed by atoms with E-state index < -0.39 is 0 Å². The molecule has 1 aromatic rings. The standard InChI is InChI=1S/C23H35NO6/c1-4-24(23(26)29-16-18-9-7-6-8-10-18)15-20-12-11-19(14-22(25)28-5-2)13-21(20)30-17-27-3/h6-10,19-21H,4-5,11-17H2,1-3H3/t19-,20+,21-/m1/s1. The Balaban J connectivity index is 1.91. The molecule has 0 radical (unpaired) electrons. The van der Waals surface area contributed by atoms with Gasteiger partial charge in [0, 0.05) is 32.5 Å². The Morgan fingerprint density at radius 3 is 2.53 bits per heavy atom. The zero-order valence-electron chi connectivity index (χ0n) is 18.4. The first-order valence-electron chi connectivity index (χ1n) is 10.8. The number of amides is 1. The smallest absolute Gasteiger partial charge is 0.410 e. The van der Waals surface area contributed by atoms with E-state index in [1.165, 1.54) is 0 Å². The van der Waals surface area contributed by atoms with Gasteiger partial charge in [-0.3, -0.25) is 4.79 Å². The second-order valence-electron chi connectivity index (χ2n) is 7.64. The zero-order valence-corrected chi connectivity index (χ0v) is 18.4. The van der Waals surface area contributed by atoms with Crippen molar-refractivity contribution in [2.75, 3.05) is 33.6 Å². The van der Waals surface area contributed by atoms with Gasteiger partial charge in [-0.25, -0.2) is 4.79 Å². The lowest BCUT2D eigenvalue weighted by atomic mass is 9.78. The van der Waals surface area contributed by atoms with Crippen LogP contribution in [-0.2, 0) is 30.3 Å². The highest BCUT2D eigenvalue weighted by molar-refractivity contribution is 5.69. The molecule has 1 aliphatic carbocycles. The molecule has 0 aliphatic heterocycles. The lowest BCUT2D eigenvalue weighted by molar-refractivity contribution is -0.146. The fraction of sp³-hybridized carbons (Fsp3) is 0.652. The summed E-state index contributed by atoms with van der Waals surface area (Å²) in [7, 11) is 1.59. The first-order chi connectivity index (χ1) is 14.6. The molecule has 30 heavy (non-hydrogen) atoms. The molecule has 2 rings (SSSR count). The van der Waals surface area contributed by atoms with Crippen molar-refractivity contribution in [2.24, 2.45) is 11.8 Å². The summed E-state index contributed by atoms with van der Waals surface area (Å²) in [5, 5.41) is 0. The molecule has 1 aliphatic rings. The molecule has 0 heterocycles. The van der Waals surface area contributed by atoms with Crippen molar-refractivity contribution in [1.82, 2.24) is 4.90 Å². The largest absolute Gasteiger partial charge is 0.466 e. The van der Waals surface area contributed by atoms with E-state index in [0.29, 0.717) is 26.1 Å². The number of rotatable bonds is 11. The number of nitrogens with zero attached hydrogens (tertiary/aromatic N) is 1. The Labute approximate surface area is 179 Å². The van der Waals surface area contributed by atoms with E-state index in [2.05, 4.69) is 0 Å². The van der Waals surface area contributed by atoms with Gasteiger partial charge in [-0.1, -0.05) is 30.3 Å². The summed E-state index contributed by atoms with van der Waals surface area (Å²) >= 11 is 0. The van der Waals surface area contributed by atoms with Gasteiger partial charge < -0.3 is 23.8 Å². The highest BCUT2D eigenvalue weighted by atomic mass is 16.7. The molecule has 0 saturated heterocycles. The Morgan fingerprint density at radius 2 is 1.87 bits per heavy atom. The van der Waals surface area contributed by atoms with Crippen molar-refractivity contribution in [3.8, 4) is 0 Å². The number of hydrogen-bond donors (Lipinski definition) is 0. The lowest BCUT2D eigenvalue weighted by Crippen LogP contribution is -2.43. The van der Waals surface area contributed by atoms with Gasteiger partial charge in [-0.05, 0) is 44.6 Å². The number of methoxy groups -OCH3 is 1. The van der Waals surface area contributed by atoms with Gasteiger partial charge in [0.1, 0.15) is 13.4 Å². The Morgan fingerprint density at radius 1 is 1.10 bits per heavy atom. The molecule has 1 amide bonds. The van der Waals surface area contributed by atoms with Gasteiger partial charge in [-0.2, -0.15) is 0 Å². The predicted molar refractivity (Wildman–Crippen MR) is 113 cm³/mol. The third kappa shape index (κ3) is 7.95. The topological polar surface area (TPSA) is 74.3 Å².